The molecule has 0 saturated heterocycles. The zero-order chi connectivity index (χ0) is 9.19. The van der Waals surface area contributed by atoms with E-state index in [9.17, 15) is 0 Å². The predicted octanol–water partition coefficient (Wildman–Crippen LogP) is -0.425. The maximum atomic E-state index is 5.71. The lowest BCUT2D eigenvalue weighted by atomic mass is 10.1. The average molecular weight is 185 g/mol. The van der Waals surface area contributed by atoms with Crippen LogP contribution < -0.4 is 16.8 Å². The first-order chi connectivity index (χ1) is 5.57. The van der Waals surface area contributed by atoms with Crippen LogP contribution in [0.5, 0.6) is 0 Å². The summed E-state index contributed by atoms with van der Waals surface area (Å²) in [4.78, 5) is 0.305. The Morgan fingerprint density at radius 1 is 1.75 bits per heavy atom. The molecule has 0 aliphatic carbocycles. The van der Waals surface area contributed by atoms with Crippen LogP contribution in [0.4, 0.5) is 0 Å². The number of hydrogen-bond acceptors (Lipinski definition) is 4. The molecule has 1 heterocycles. The zero-order valence-electron chi connectivity index (χ0n) is 6.70. The summed E-state index contributed by atoms with van der Waals surface area (Å²) in [5, 5.41) is 2.81. The molecule has 1 aliphatic rings. The Kier molecular flexibility index (Phi) is 2.46. The highest BCUT2D eigenvalue weighted by Crippen LogP contribution is 2.10. The minimum atomic E-state index is -0.993. The summed E-state index contributed by atoms with van der Waals surface area (Å²) < 4.78 is 4.98. The van der Waals surface area contributed by atoms with Gasteiger partial charge in [0, 0.05) is 18.9 Å². The predicted molar refractivity (Wildman–Crippen MR) is 51.1 cm³/mol. The van der Waals surface area contributed by atoms with E-state index in [0.717, 1.165) is 0 Å². The van der Waals surface area contributed by atoms with E-state index in [-0.39, 0.29) is 0 Å². The molecule has 66 valence electrons. The topological polar surface area (TPSA) is 73.3 Å². The van der Waals surface area contributed by atoms with Crippen LogP contribution >= 0.6 is 12.2 Å². The van der Waals surface area contributed by atoms with Gasteiger partial charge in [0.1, 0.15) is 4.99 Å². The highest BCUT2D eigenvalue weighted by atomic mass is 32.1. The number of ether oxygens (including phenoxy) is 1. The monoisotopic (exact) mass is 185 g/mol. The average Bonchev–Trinajstić information content (AvgIpc) is 2.05. The van der Waals surface area contributed by atoms with Crippen LogP contribution in [-0.2, 0) is 4.74 Å². The minimum absolute atomic E-state index is 0.305. The third kappa shape index (κ3) is 1.82. The van der Waals surface area contributed by atoms with Gasteiger partial charge in [0.05, 0.1) is 0 Å². The van der Waals surface area contributed by atoms with Gasteiger partial charge in [-0.25, -0.2) is 0 Å². The number of hydrogen-bond donors (Lipinski definition) is 3. The summed E-state index contributed by atoms with van der Waals surface area (Å²) in [6.07, 6.45) is 5.03. The molecule has 0 saturated carbocycles. The van der Waals surface area contributed by atoms with Crippen molar-refractivity contribution < 1.29 is 4.74 Å². The van der Waals surface area contributed by atoms with Gasteiger partial charge in [0.15, 0.2) is 0 Å². The van der Waals surface area contributed by atoms with Gasteiger partial charge >= 0.3 is 0 Å². The molecule has 0 aromatic heterocycles. The standard InChI is InChI=1S/C7H11N3OS/c1-11-7(9)4-5(6(8)12)2-3-10-7/h2-4,10H,9H2,1H3,(H2,8,12). The van der Waals surface area contributed by atoms with E-state index < -0.39 is 5.85 Å². The van der Waals surface area contributed by atoms with Crippen molar-refractivity contribution in [3.05, 3.63) is 23.9 Å². The van der Waals surface area contributed by atoms with Crippen LogP contribution in [0.15, 0.2) is 23.9 Å². The van der Waals surface area contributed by atoms with Crippen LogP contribution in [0.2, 0.25) is 0 Å². The van der Waals surface area contributed by atoms with Crippen molar-refractivity contribution in [1.29, 1.82) is 0 Å². The second kappa shape index (κ2) is 3.22. The molecule has 0 aromatic rings. The third-order valence-electron chi connectivity index (χ3n) is 1.56. The van der Waals surface area contributed by atoms with E-state index in [1.54, 1.807) is 18.4 Å². The second-order valence-corrected chi connectivity index (χ2v) is 2.88. The molecule has 0 spiro atoms. The van der Waals surface area contributed by atoms with Crippen molar-refractivity contribution in [2.24, 2.45) is 11.5 Å². The molecular weight excluding hydrogens is 174 g/mol. The first-order valence-electron chi connectivity index (χ1n) is 3.38. The van der Waals surface area contributed by atoms with Crippen molar-refractivity contribution in [1.82, 2.24) is 5.32 Å². The number of methoxy groups -OCH3 is 1. The fraction of sp³-hybridized carbons (Fsp3) is 0.286. The molecule has 1 unspecified atom stereocenters. The largest absolute Gasteiger partial charge is 0.389 e. The van der Waals surface area contributed by atoms with Crippen molar-refractivity contribution in [3.63, 3.8) is 0 Å². The van der Waals surface area contributed by atoms with Gasteiger partial charge in [-0.1, -0.05) is 12.2 Å². The molecule has 0 amide bonds. The lowest BCUT2D eigenvalue weighted by Crippen LogP contribution is -2.52. The Labute approximate surface area is 76.2 Å². The van der Waals surface area contributed by atoms with Gasteiger partial charge in [-0.3, -0.25) is 5.73 Å². The van der Waals surface area contributed by atoms with Crippen LogP contribution in [0.1, 0.15) is 0 Å². The molecule has 0 fully saturated rings. The molecule has 0 bridgehead atoms. The maximum Gasteiger partial charge on any atom is 0.213 e. The minimum Gasteiger partial charge on any atom is -0.389 e. The van der Waals surface area contributed by atoms with Gasteiger partial charge in [-0.2, -0.15) is 0 Å². The second-order valence-electron chi connectivity index (χ2n) is 2.44. The Morgan fingerprint density at radius 2 is 2.42 bits per heavy atom. The number of nitrogens with two attached hydrogens (primary N) is 2. The third-order valence-corrected chi connectivity index (χ3v) is 1.80. The molecule has 5 N–H and O–H groups in total. The molecular formula is C7H11N3OS. The van der Waals surface area contributed by atoms with Crippen LogP contribution in [0.25, 0.3) is 0 Å². The van der Waals surface area contributed by atoms with Gasteiger partial charge in [0.2, 0.25) is 5.85 Å². The smallest absolute Gasteiger partial charge is 0.213 e. The fourth-order valence-corrected chi connectivity index (χ4v) is 0.981. The highest BCUT2D eigenvalue weighted by Gasteiger charge is 2.22. The fourth-order valence-electron chi connectivity index (χ4n) is 0.854. The summed E-state index contributed by atoms with van der Waals surface area (Å²) in [7, 11) is 1.50. The Morgan fingerprint density at radius 3 is 2.92 bits per heavy atom. The SMILES string of the molecule is COC1(N)C=C(C(N)=S)C=CN1. The van der Waals surface area contributed by atoms with Crippen LogP contribution in [0, 0.1) is 0 Å². The van der Waals surface area contributed by atoms with E-state index in [1.165, 1.54) is 7.11 Å². The van der Waals surface area contributed by atoms with Crippen molar-refractivity contribution in [2.45, 2.75) is 5.85 Å². The Hall–Kier alpha value is -0.910. The summed E-state index contributed by atoms with van der Waals surface area (Å²) in [5.41, 5.74) is 11.8. The molecule has 0 aromatic carbocycles. The molecule has 0 radical (unpaired) electrons. The number of thiocarbonyl (C=S) groups is 1. The molecule has 4 nitrogen and oxygen atoms in total. The van der Waals surface area contributed by atoms with Gasteiger partial charge in [-0.05, 0) is 12.2 Å². The van der Waals surface area contributed by atoms with E-state index in [4.69, 9.17) is 28.4 Å². The highest BCUT2D eigenvalue weighted by molar-refractivity contribution is 7.80. The number of rotatable bonds is 2. The maximum absolute atomic E-state index is 5.71. The molecule has 1 rings (SSSR count). The summed E-state index contributed by atoms with van der Waals surface area (Å²) in [5.74, 6) is -0.993. The van der Waals surface area contributed by atoms with Gasteiger partial charge in [0.25, 0.3) is 0 Å². The van der Waals surface area contributed by atoms with Crippen molar-refractivity contribution >= 4 is 17.2 Å². The number of dihydropyridines is 1. The van der Waals surface area contributed by atoms with E-state index in [2.05, 4.69) is 5.32 Å². The quantitative estimate of drug-likeness (QED) is 0.402. The Balaban J connectivity index is 2.89. The normalized spacial score (nSPS) is 27.7. The van der Waals surface area contributed by atoms with E-state index in [0.29, 0.717) is 10.6 Å². The summed E-state index contributed by atoms with van der Waals surface area (Å²) in [6.45, 7) is 0. The zero-order valence-corrected chi connectivity index (χ0v) is 7.52. The molecule has 5 heteroatoms. The molecule has 12 heavy (non-hydrogen) atoms. The van der Waals surface area contributed by atoms with E-state index >= 15 is 0 Å². The van der Waals surface area contributed by atoms with Crippen molar-refractivity contribution in [2.75, 3.05) is 7.11 Å². The first kappa shape index (κ1) is 9.18. The summed E-state index contributed by atoms with van der Waals surface area (Å²) in [6, 6.07) is 0. The number of nitrogens with one attached hydrogen (secondary N) is 1. The lowest BCUT2D eigenvalue weighted by molar-refractivity contribution is 0.0184. The lowest BCUT2D eigenvalue weighted by Gasteiger charge is -2.27. The Bertz CT molecular complexity index is 261. The van der Waals surface area contributed by atoms with Gasteiger partial charge < -0.3 is 15.8 Å². The van der Waals surface area contributed by atoms with Crippen LogP contribution in [0.3, 0.4) is 0 Å². The summed E-state index contributed by atoms with van der Waals surface area (Å²) >= 11 is 4.79. The van der Waals surface area contributed by atoms with E-state index in [1.807, 2.05) is 0 Å². The van der Waals surface area contributed by atoms with Crippen LogP contribution in [-0.4, -0.2) is 17.9 Å². The molecule has 1 atom stereocenters. The first-order valence-corrected chi connectivity index (χ1v) is 3.79. The molecule has 1 aliphatic heterocycles. The van der Waals surface area contributed by atoms with Crippen molar-refractivity contribution in [3.8, 4) is 0 Å². The van der Waals surface area contributed by atoms with Gasteiger partial charge in [-0.15, -0.1) is 0 Å².